The van der Waals surface area contributed by atoms with E-state index in [0.29, 0.717) is 0 Å². The van der Waals surface area contributed by atoms with Crippen molar-refractivity contribution >= 4 is 29.5 Å². The lowest BCUT2D eigenvalue weighted by Gasteiger charge is -2.30. The Labute approximate surface area is 97.5 Å². The zero-order valence-electron chi connectivity index (χ0n) is 9.92. The number of carbonyl (C=O) groups is 3. The van der Waals surface area contributed by atoms with E-state index < -0.39 is 17.9 Å². The number of aliphatic imine (C=N–C) groups is 1. The summed E-state index contributed by atoms with van der Waals surface area (Å²) < 4.78 is 0. The van der Waals surface area contributed by atoms with E-state index in [-0.39, 0.29) is 11.5 Å². The monoisotopic (exact) mass is 240 g/mol. The fourth-order valence-electron chi connectivity index (χ4n) is 1.26. The number of hydrogen-bond acceptors (Lipinski definition) is 6. The van der Waals surface area contributed by atoms with Crippen LogP contribution in [-0.4, -0.2) is 60.4 Å². The highest BCUT2D eigenvalue weighted by Crippen LogP contribution is 2.08. The molecular weight excluding hydrogens is 228 g/mol. The predicted molar refractivity (Wildman–Crippen MR) is 58.5 cm³/mol. The Morgan fingerprint density at radius 2 is 1.82 bits per heavy atom. The van der Waals surface area contributed by atoms with Gasteiger partial charge < -0.3 is 4.84 Å². The van der Waals surface area contributed by atoms with Gasteiger partial charge in [0.25, 0.3) is 5.91 Å². The summed E-state index contributed by atoms with van der Waals surface area (Å²) >= 11 is 0. The average molecular weight is 240 g/mol. The van der Waals surface area contributed by atoms with Crippen LogP contribution in [-0.2, 0) is 14.4 Å². The van der Waals surface area contributed by atoms with Gasteiger partial charge in [-0.15, -0.1) is 0 Å². The van der Waals surface area contributed by atoms with Crippen molar-refractivity contribution < 1.29 is 19.2 Å². The molecule has 8 heteroatoms. The van der Waals surface area contributed by atoms with Gasteiger partial charge in [-0.2, -0.15) is 0 Å². The number of amides is 3. The molecule has 0 radical (unpaired) electrons. The Morgan fingerprint density at radius 3 is 2.29 bits per heavy atom. The summed E-state index contributed by atoms with van der Waals surface area (Å²) in [6.45, 7) is 1.15. The van der Waals surface area contributed by atoms with Gasteiger partial charge in [-0.1, -0.05) is 5.16 Å². The number of oxime groups is 1. The Bertz CT molecular complexity index is 440. The first kappa shape index (κ1) is 12.8. The second-order valence-corrected chi connectivity index (χ2v) is 3.28. The average Bonchev–Trinajstić information content (AvgIpc) is 2.29. The zero-order chi connectivity index (χ0) is 13.2. The van der Waals surface area contributed by atoms with E-state index in [1.165, 1.54) is 21.1 Å². The van der Waals surface area contributed by atoms with Crippen LogP contribution >= 0.6 is 0 Å². The smallest absolute Gasteiger partial charge is 0.318 e. The Kier molecular flexibility index (Phi) is 3.56. The number of imide groups is 1. The normalized spacial score (nSPS) is 21.4. The van der Waals surface area contributed by atoms with Crippen molar-refractivity contribution in [1.82, 2.24) is 9.80 Å². The lowest BCUT2D eigenvalue weighted by Crippen LogP contribution is -2.57. The maximum atomic E-state index is 11.7. The topological polar surface area (TPSA) is 91.6 Å². The molecule has 1 aliphatic heterocycles. The van der Waals surface area contributed by atoms with Gasteiger partial charge in [0.05, 0.1) is 0 Å². The van der Waals surface area contributed by atoms with E-state index in [2.05, 4.69) is 15.0 Å². The third-order valence-electron chi connectivity index (χ3n) is 2.09. The van der Waals surface area contributed by atoms with Crippen LogP contribution in [0.15, 0.2) is 10.1 Å². The summed E-state index contributed by atoms with van der Waals surface area (Å²) in [5, 5.41) is 3.40. The molecule has 0 saturated carbocycles. The van der Waals surface area contributed by atoms with Crippen LogP contribution in [0.1, 0.15) is 6.92 Å². The minimum atomic E-state index is -0.671. The lowest BCUT2D eigenvalue weighted by atomic mass is 10.2. The van der Waals surface area contributed by atoms with Crippen LogP contribution in [0.3, 0.4) is 0 Å². The molecule has 0 bridgehead atoms. The predicted octanol–water partition coefficient (Wildman–Crippen LogP) is -0.542. The number of carbonyl (C=O) groups excluding carboxylic acids is 3. The minimum Gasteiger partial charge on any atom is -0.318 e. The fourth-order valence-corrected chi connectivity index (χ4v) is 1.26. The second kappa shape index (κ2) is 4.73. The summed E-state index contributed by atoms with van der Waals surface area (Å²) in [5.41, 5.74) is -0.188. The SMILES string of the molecule is CN=C1/C(=N/OC(C)=O)C(=O)N(C)C(=O)N1C. The van der Waals surface area contributed by atoms with Gasteiger partial charge in [-0.3, -0.25) is 19.6 Å². The Hall–Kier alpha value is -2.25. The second-order valence-electron chi connectivity index (χ2n) is 3.28. The van der Waals surface area contributed by atoms with Crippen LogP contribution in [0.4, 0.5) is 4.79 Å². The van der Waals surface area contributed by atoms with Crippen molar-refractivity contribution in [2.75, 3.05) is 21.1 Å². The highest BCUT2D eigenvalue weighted by molar-refractivity contribution is 6.69. The first-order valence-electron chi connectivity index (χ1n) is 4.68. The van der Waals surface area contributed by atoms with Crippen molar-refractivity contribution in [1.29, 1.82) is 0 Å². The van der Waals surface area contributed by atoms with Crippen molar-refractivity contribution in [3.63, 3.8) is 0 Å². The number of rotatable bonds is 1. The molecule has 92 valence electrons. The Morgan fingerprint density at radius 1 is 1.24 bits per heavy atom. The van der Waals surface area contributed by atoms with Crippen molar-refractivity contribution in [3.05, 3.63) is 0 Å². The lowest BCUT2D eigenvalue weighted by molar-refractivity contribution is -0.140. The maximum absolute atomic E-state index is 11.7. The number of hydrogen-bond donors (Lipinski definition) is 0. The first-order chi connectivity index (χ1) is 7.90. The highest BCUT2D eigenvalue weighted by atomic mass is 16.7. The summed E-state index contributed by atoms with van der Waals surface area (Å²) in [7, 11) is 4.15. The molecule has 0 aromatic heterocycles. The molecule has 17 heavy (non-hydrogen) atoms. The molecule has 8 nitrogen and oxygen atoms in total. The Balaban J connectivity index is 3.16. The molecule has 0 N–H and O–H groups in total. The summed E-state index contributed by atoms with van der Waals surface area (Å²) in [6, 6.07) is -0.530. The largest absolute Gasteiger partial charge is 0.332 e. The molecule has 0 aliphatic carbocycles. The van der Waals surface area contributed by atoms with Gasteiger partial charge in [0.15, 0.2) is 5.84 Å². The molecule has 1 saturated heterocycles. The van der Waals surface area contributed by atoms with Gasteiger partial charge in [-0.05, 0) is 0 Å². The molecule has 0 spiro atoms. The van der Waals surface area contributed by atoms with Gasteiger partial charge in [0, 0.05) is 28.1 Å². The van der Waals surface area contributed by atoms with Crippen LogP contribution in [0.2, 0.25) is 0 Å². The molecular formula is C9H12N4O4. The van der Waals surface area contributed by atoms with Crippen molar-refractivity contribution in [2.24, 2.45) is 10.1 Å². The van der Waals surface area contributed by atoms with Gasteiger partial charge in [0.2, 0.25) is 5.71 Å². The molecule has 0 aromatic rings. The van der Waals surface area contributed by atoms with Gasteiger partial charge in [-0.25, -0.2) is 9.59 Å². The van der Waals surface area contributed by atoms with E-state index >= 15 is 0 Å². The number of amidine groups is 1. The van der Waals surface area contributed by atoms with E-state index in [1.807, 2.05) is 0 Å². The molecule has 1 heterocycles. The summed E-state index contributed by atoms with van der Waals surface area (Å²) in [4.78, 5) is 44.1. The molecule has 0 aromatic carbocycles. The third kappa shape index (κ3) is 2.30. The van der Waals surface area contributed by atoms with E-state index in [1.54, 1.807) is 0 Å². The van der Waals surface area contributed by atoms with Crippen LogP contribution < -0.4 is 0 Å². The number of urea groups is 1. The first-order valence-corrected chi connectivity index (χ1v) is 4.68. The summed E-state index contributed by atoms with van der Waals surface area (Å²) in [5.74, 6) is -1.28. The minimum absolute atomic E-state index is 0.0550. The van der Waals surface area contributed by atoms with E-state index in [0.717, 1.165) is 16.7 Å². The maximum Gasteiger partial charge on any atom is 0.332 e. The van der Waals surface area contributed by atoms with Crippen LogP contribution in [0.5, 0.6) is 0 Å². The van der Waals surface area contributed by atoms with Crippen molar-refractivity contribution in [3.8, 4) is 0 Å². The van der Waals surface area contributed by atoms with Crippen LogP contribution in [0.25, 0.3) is 0 Å². The molecule has 3 amide bonds. The molecule has 1 aliphatic rings. The van der Waals surface area contributed by atoms with Gasteiger partial charge >= 0.3 is 12.0 Å². The third-order valence-corrected chi connectivity index (χ3v) is 2.09. The fraction of sp³-hybridized carbons (Fsp3) is 0.444. The van der Waals surface area contributed by atoms with E-state index in [4.69, 9.17) is 0 Å². The molecule has 1 fully saturated rings. The quantitative estimate of drug-likeness (QED) is 0.454. The van der Waals surface area contributed by atoms with E-state index in [9.17, 15) is 14.4 Å². The van der Waals surface area contributed by atoms with Crippen molar-refractivity contribution in [2.45, 2.75) is 6.92 Å². The summed E-state index contributed by atoms with van der Waals surface area (Å²) in [6.07, 6.45) is 0. The molecule has 1 rings (SSSR count). The molecule has 0 atom stereocenters. The molecule has 0 unspecified atom stereocenters. The highest BCUT2D eigenvalue weighted by Gasteiger charge is 2.38. The van der Waals surface area contributed by atoms with Crippen LogP contribution in [0, 0.1) is 0 Å². The standard InChI is InChI=1S/C9H12N4O4/c1-5(14)17-11-6-7(10-2)12(3)9(16)13(4)8(6)15/h1-4H3/b10-7?,11-6-. The van der Waals surface area contributed by atoms with Gasteiger partial charge in [0.1, 0.15) is 0 Å². The zero-order valence-corrected chi connectivity index (χ0v) is 9.92. The number of nitrogens with zero attached hydrogens (tertiary/aromatic N) is 4.